The maximum absolute atomic E-state index is 6.16. The molecule has 0 aliphatic carbocycles. The highest BCUT2D eigenvalue weighted by Gasteiger charge is 2.28. The summed E-state index contributed by atoms with van der Waals surface area (Å²) in [5, 5.41) is 16.5. The molecule has 2 aromatic carbocycles. The molecule has 4 aromatic rings. The summed E-state index contributed by atoms with van der Waals surface area (Å²) in [7, 11) is 0. The Bertz CT molecular complexity index is 1210. The Morgan fingerprint density at radius 3 is 2.75 bits per heavy atom. The van der Waals surface area contributed by atoms with Gasteiger partial charge in [0.25, 0.3) is 0 Å². The maximum Gasteiger partial charge on any atom is 0.213 e. The highest BCUT2D eigenvalue weighted by molar-refractivity contribution is 8.00. The van der Waals surface area contributed by atoms with Gasteiger partial charge in [-0.15, -0.1) is 22.6 Å². The summed E-state index contributed by atoms with van der Waals surface area (Å²) in [6.45, 7) is 4.25. The molecule has 0 spiro atoms. The summed E-state index contributed by atoms with van der Waals surface area (Å²) in [5.41, 5.74) is 5.31. The van der Waals surface area contributed by atoms with Crippen LogP contribution in [0.1, 0.15) is 18.2 Å². The molecule has 0 fully saturated rings. The van der Waals surface area contributed by atoms with Crippen LogP contribution in [0.2, 0.25) is 5.02 Å². The van der Waals surface area contributed by atoms with E-state index >= 15 is 0 Å². The van der Waals surface area contributed by atoms with E-state index in [9.17, 15) is 0 Å². The second kappa shape index (κ2) is 7.28. The Morgan fingerprint density at radius 2 is 1.93 bits per heavy atom. The van der Waals surface area contributed by atoms with Crippen molar-refractivity contribution in [3.05, 3.63) is 64.8 Å². The molecule has 1 N–H and O–H groups in total. The quantitative estimate of drug-likeness (QED) is 0.453. The number of aromatic amines is 1. The minimum absolute atomic E-state index is 0. The summed E-state index contributed by atoms with van der Waals surface area (Å²) >= 11 is 7.83. The topological polar surface area (TPSA) is 58.9 Å². The monoisotopic (exact) mass is 429 g/mol. The Balaban J connectivity index is 0.00000192. The first-order valence-corrected chi connectivity index (χ1v) is 9.92. The summed E-state index contributed by atoms with van der Waals surface area (Å²) in [5.74, 6) is 0.696. The highest BCUT2D eigenvalue weighted by Crippen LogP contribution is 2.35. The van der Waals surface area contributed by atoms with Gasteiger partial charge in [-0.05, 0) is 32.0 Å². The smallest absolute Gasteiger partial charge is 0.213 e. The molecule has 142 valence electrons. The summed E-state index contributed by atoms with van der Waals surface area (Å²) < 4.78 is 1.83. The number of benzene rings is 2. The van der Waals surface area contributed by atoms with Gasteiger partial charge < -0.3 is 4.98 Å². The van der Waals surface area contributed by atoms with Crippen LogP contribution in [0.4, 0.5) is 0 Å². The van der Waals surface area contributed by atoms with E-state index in [0.717, 1.165) is 33.2 Å². The van der Waals surface area contributed by atoms with Crippen LogP contribution in [-0.4, -0.2) is 30.8 Å². The summed E-state index contributed by atoms with van der Waals surface area (Å²) in [6, 6.07) is 15.9. The number of nitrogens with zero attached hydrogens (tertiary/aromatic N) is 4. The molecule has 2 aromatic heterocycles. The third-order valence-corrected chi connectivity index (χ3v) is 6.00. The van der Waals surface area contributed by atoms with Crippen molar-refractivity contribution in [2.75, 3.05) is 0 Å². The van der Waals surface area contributed by atoms with Crippen molar-refractivity contribution < 1.29 is 0 Å². The van der Waals surface area contributed by atoms with Crippen molar-refractivity contribution in [1.29, 1.82) is 0 Å². The largest absolute Gasteiger partial charge is 0.358 e. The molecule has 1 aliphatic rings. The molecule has 0 radical (unpaired) electrons. The summed E-state index contributed by atoms with van der Waals surface area (Å²) in [4.78, 5) is 3.47. The van der Waals surface area contributed by atoms with Crippen LogP contribution < -0.4 is 0 Å². The molecule has 0 amide bonds. The van der Waals surface area contributed by atoms with Gasteiger partial charge in [0.1, 0.15) is 0 Å². The molecule has 1 atom stereocenters. The van der Waals surface area contributed by atoms with Crippen molar-refractivity contribution in [2.24, 2.45) is 5.10 Å². The highest BCUT2D eigenvalue weighted by atomic mass is 35.5. The first-order chi connectivity index (χ1) is 13.1. The van der Waals surface area contributed by atoms with Gasteiger partial charge in [0.05, 0.1) is 11.0 Å². The van der Waals surface area contributed by atoms with Crippen molar-refractivity contribution in [3.63, 3.8) is 0 Å². The first kappa shape index (κ1) is 19.1. The molecular weight excluding hydrogens is 413 g/mol. The maximum atomic E-state index is 6.16. The number of halogens is 2. The van der Waals surface area contributed by atoms with Crippen LogP contribution in [0.25, 0.3) is 22.3 Å². The fourth-order valence-electron chi connectivity index (χ4n) is 3.50. The second-order valence-corrected chi connectivity index (χ2v) is 8.29. The van der Waals surface area contributed by atoms with E-state index in [1.807, 2.05) is 35.0 Å². The fourth-order valence-corrected chi connectivity index (χ4v) is 4.60. The zero-order valence-electron chi connectivity index (χ0n) is 15.2. The van der Waals surface area contributed by atoms with E-state index in [-0.39, 0.29) is 17.7 Å². The van der Waals surface area contributed by atoms with Crippen LogP contribution in [0.5, 0.6) is 0 Å². The van der Waals surface area contributed by atoms with Crippen LogP contribution >= 0.6 is 35.8 Å². The van der Waals surface area contributed by atoms with Gasteiger partial charge in [0.2, 0.25) is 5.16 Å². The average molecular weight is 430 g/mol. The van der Waals surface area contributed by atoms with Crippen molar-refractivity contribution in [3.8, 4) is 11.4 Å². The molecule has 1 unspecified atom stereocenters. The lowest BCUT2D eigenvalue weighted by Crippen LogP contribution is -2.22. The third-order valence-electron chi connectivity index (χ3n) is 4.72. The lowest BCUT2D eigenvalue weighted by atomic mass is 10.0. The van der Waals surface area contributed by atoms with Crippen LogP contribution in [-0.2, 0) is 0 Å². The van der Waals surface area contributed by atoms with Crippen molar-refractivity contribution >= 4 is 52.4 Å². The number of hydrogen-bond acceptors (Lipinski definition) is 4. The van der Waals surface area contributed by atoms with Gasteiger partial charge in [0.15, 0.2) is 5.82 Å². The number of aromatic nitrogens is 4. The standard InChI is InChI=1S/C20H16ClN5S.ClH/c1-11-17(15-8-3-4-9-16(15)22-11)18-12(2)27-20-24-23-19(26(20)25-18)13-6-5-7-14(21)10-13;/h3-10,12,22H,1-2H3;1H. The van der Waals surface area contributed by atoms with Gasteiger partial charge in [-0.3, -0.25) is 0 Å². The minimum atomic E-state index is 0. The van der Waals surface area contributed by atoms with Gasteiger partial charge in [0, 0.05) is 32.7 Å². The zero-order valence-corrected chi connectivity index (χ0v) is 17.6. The normalized spacial score (nSPS) is 15.8. The average Bonchev–Trinajstić information content (AvgIpc) is 3.20. The number of nitrogens with one attached hydrogen (secondary N) is 1. The van der Waals surface area contributed by atoms with E-state index in [0.29, 0.717) is 10.8 Å². The molecule has 28 heavy (non-hydrogen) atoms. The molecule has 5 rings (SSSR count). The molecule has 0 bridgehead atoms. The molecule has 0 saturated heterocycles. The van der Waals surface area contributed by atoms with Crippen LogP contribution in [0.15, 0.2) is 58.8 Å². The Kier molecular flexibility index (Phi) is 4.95. The lowest BCUT2D eigenvalue weighted by molar-refractivity contribution is 0.754. The lowest BCUT2D eigenvalue weighted by Gasteiger charge is -2.20. The molecule has 3 heterocycles. The Morgan fingerprint density at radius 1 is 1.11 bits per heavy atom. The zero-order chi connectivity index (χ0) is 18.5. The predicted octanol–water partition coefficient (Wildman–Crippen LogP) is 5.56. The predicted molar refractivity (Wildman–Crippen MR) is 118 cm³/mol. The Labute approximate surface area is 177 Å². The molecule has 8 heteroatoms. The number of H-pyrrole nitrogens is 1. The third kappa shape index (κ3) is 3.02. The van der Waals surface area contributed by atoms with Gasteiger partial charge in [-0.2, -0.15) is 9.78 Å². The van der Waals surface area contributed by atoms with Crippen molar-refractivity contribution in [1.82, 2.24) is 19.9 Å². The van der Waals surface area contributed by atoms with E-state index in [1.54, 1.807) is 11.8 Å². The van der Waals surface area contributed by atoms with Gasteiger partial charge in [-0.1, -0.05) is 53.7 Å². The molecule has 0 saturated carbocycles. The number of para-hydroxylation sites is 1. The van der Waals surface area contributed by atoms with E-state index in [1.165, 1.54) is 5.39 Å². The molecule has 1 aliphatic heterocycles. The molecule has 5 nitrogen and oxygen atoms in total. The van der Waals surface area contributed by atoms with Crippen LogP contribution in [0, 0.1) is 6.92 Å². The number of aryl methyl sites for hydroxylation is 1. The van der Waals surface area contributed by atoms with Gasteiger partial charge >= 0.3 is 0 Å². The number of hydrogen-bond donors (Lipinski definition) is 1. The molecular formula is C20H17Cl2N5S. The first-order valence-electron chi connectivity index (χ1n) is 8.66. The second-order valence-electron chi connectivity index (χ2n) is 6.54. The number of thioether (sulfide) groups is 1. The van der Waals surface area contributed by atoms with E-state index in [2.05, 4.69) is 47.2 Å². The number of rotatable bonds is 2. The summed E-state index contributed by atoms with van der Waals surface area (Å²) in [6.07, 6.45) is 0. The minimum Gasteiger partial charge on any atom is -0.358 e. The van der Waals surface area contributed by atoms with Crippen LogP contribution in [0.3, 0.4) is 0 Å². The van der Waals surface area contributed by atoms with E-state index in [4.69, 9.17) is 16.7 Å². The number of fused-ring (bicyclic) bond motifs is 2. The Hall–Kier alpha value is -2.28. The van der Waals surface area contributed by atoms with Gasteiger partial charge in [-0.25, -0.2) is 0 Å². The van der Waals surface area contributed by atoms with Crippen molar-refractivity contribution in [2.45, 2.75) is 24.3 Å². The fraction of sp³-hybridized carbons (Fsp3) is 0.150. The van der Waals surface area contributed by atoms with E-state index < -0.39 is 0 Å². The SMILES string of the molecule is Cc1[nH]c2ccccc2c1C1=Nn2c(nnc2-c2cccc(Cl)c2)SC1C.Cl.